The van der Waals surface area contributed by atoms with Crippen LogP contribution in [0.5, 0.6) is 0 Å². The van der Waals surface area contributed by atoms with Gasteiger partial charge in [-0.1, -0.05) is 31.4 Å². The molecule has 1 aromatic carbocycles. The number of carbonyl (C=O) groups excluding carboxylic acids is 1. The number of halogens is 1. The zero-order valence-corrected chi connectivity index (χ0v) is 12.8. The van der Waals surface area contributed by atoms with Gasteiger partial charge in [0, 0.05) is 18.5 Å². The predicted molar refractivity (Wildman–Crippen MR) is 82.6 cm³/mol. The normalized spacial score (nSPS) is 17.4. The lowest BCUT2D eigenvalue weighted by atomic mass is 9.79. The fraction of sp³-hybridized carbons (Fsp3) is 0.588. The molecule has 21 heavy (non-hydrogen) atoms. The van der Waals surface area contributed by atoms with Crippen molar-refractivity contribution in [1.29, 1.82) is 0 Å². The number of hydrogen-bond acceptors (Lipinski definition) is 2. The maximum Gasteiger partial charge on any atom is 0.221 e. The molecule has 0 saturated heterocycles. The van der Waals surface area contributed by atoms with Crippen LogP contribution < -0.4 is 10.6 Å². The molecule has 116 valence electrons. The number of benzene rings is 1. The van der Waals surface area contributed by atoms with Crippen LogP contribution in [0.2, 0.25) is 0 Å². The van der Waals surface area contributed by atoms with Gasteiger partial charge in [-0.3, -0.25) is 4.79 Å². The summed E-state index contributed by atoms with van der Waals surface area (Å²) < 4.78 is 13.1. The third kappa shape index (κ3) is 4.81. The van der Waals surface area contributed by atoms with E-state index >= 15 is 0 Å². The van der Waals surface area contributed by atoms with E-state index in [4.69, 9.17) is 0 Å². The van der Waals surface area contributed by atoms with E-state index in [0.717, 1.165) is 18.4 Å². The number of rotatable bonds is 6. The van der Waals surface area contributed by atoms with Crippen molar-refractivity contribution in [3.8, 4) is 0 Å². The van der Waals surface area contributed by atoms with Crippen molar-refractivity contribution in [2.24, 2.45) is 0 Å². The Balaban J connectivity index is 1.76. The summed E-state index contributed by atoms with van der Waals surface area (Å²) >= 11 is 0. The van der Waals surface area contributed by atoms with E-state index in [1.807, 2.05) is 13.1 Å². The van der Waals surface area contributed by atoms with Gasteiger partial charge < -0.3 is 10.6 Å². The zero-order chi connectivity index (χ0) is 15.1. The first kappa shape index (κ1) is 16.0. The molecule has 0 aliphatic heterocycles. The second-order valence-electron chi connectivity index (χ2n) is 6.00. The molecule has 1 saturated carbocycles. The van der Waals surface area contributed by atoms with Crippen molar-refractivity contribution in [3.63, 3.8) is 0 Å². The molecule has 2 N–H and O–H groups in total. The molecule has 0 unspecified atom stereocenters. The third-order valence-corrected chi connectivity index (χ3v) is 4.46. The molecule has 0 aromatic heterocycles. The smallest absolute Gasteiger partial charge is 0.221 e. The van der Waals surface area contributed by atoms with Crippen LogP contribution in [-0.2, 0) is 11.2 Å². The Labute approximate surface area is 126 Å². The van der Waals surface area contributed by atoms with Crippen molar-refractivity contribution in [2.75, 3.05) is 13.6 Å². The number of hydrogen-bond donors (Lipinski definition) is 2. The lowest BCUT2D eigenvalue weighted by Gasteiger charge is -2.36. The number of amides is 1. The van der Waals surface area contributed by atoms with Gasteiger partial charge in [0.05, 0.1) is 0 Å². The van der Waals surface area contributed by atoms with Gasteiger partial charge >= 0.3 is 0 Å². The first-order valence-corrected chi connectivity index (χ1v) is 7.84. The second kappa shape index (κ2) is 7.55. The maximum absolute atomic E-state index is 13.1. The summed E-state index contributed by atoms with van der Waals surface area (Å²) in [7, 11) is 1.95. The fourth-order valence-corrected chi connectivity index (χ4v) is 3.15. The van der Waals surface area contributed by atoms with Gasteiger partial charge in [-0.25, -0.2) is 4.39 Å². The summed E-state index contributed by atoms with van der Waals surface area (Å²) in [5.41, 5.74) is 0.887. The molecule has 0 atom stereocenters. The van der Waals surface area contributed by atoms with Crippen molar-refractivity contribution in [3.05, 3.63) is 35.6 Å². The molecule has 0 radical (unpaired) electrons. The predicted octanol–water partition coefficient (Wildman–Crippen LogP) is 2.80. The average Bonchev–Trinajstić information content (AvgIpc) is 2.48. The van der Waals surface area contributed by atoms with Gasteiger partial charge in [0.15, 0.2) is 0 Å². The minimum absolute atomic E-state index is 0.0266. The summed E-state index contributed by atoms with van der Waals surface area (Å²) in [6.45, 7) is 0.558. The van der Waals surface area contributed by atoms with E-state index < -0.39 is 0 Å². The molecule has 1 aromatic rings. The Morgan fingerprint density at radius 2 is 2.05 bits per heavy atom. The van der Waals surface area contributed by atoms with Gasteiger partial charge in [-0.15, -0.1) is 0 Å². The van der Waals surface area contributed by atoms with Gasteiger partial charge in [0.1, 0.15) is 5.82 Å². The topological polar surface area (TPSA) is 41.1 Å². The standard InChI is InChI=1S/C17H25FN2O/c1-19-17(9-3-2-4-10-17)13-16(21)20-11-8-14-6-5-7-15(18)12-14/h5-7,12,19H,2-4,8-11,13H2,1H3,(H,20,21). The zero-order valence-electron chi connectivity index (χ0n) is 12.8. The summed E-state index contributed by atoms with van der Waals surface area (Å²) in [4.78, 5) is 12.1. The van der Waals surface area contributed by atoms with E-state index in [0.29, 0.717) is 19.4 Å². The average molecular weight is 292 g/mol. The van der Waals surface area contributed by atoms with Crippen LogP contribution in [0.1, 0.15) is 44.1 Å². The Hall–Kier alpha value is -1.42. The van der Waals surface area contributed by atoms with Crippen molar-refractivity contribution in [2.45, 2.75) is 50.5 Å². The largest absolute Gasteiger partial charge is 0.356 e. The van der Waals surface area contributed by atoms with Crippen molar-refractivity contribution >= 4 is 5.91 Å². The van der Waals surface area contributed by atoms with E-state index in [1.54, 1.807) is 6.07 Å². The number of carbonyl (C=O) groups is 1. The van der Waals surface area contributed by atoms with E-state index in [1.165, 1.54) is 31.4 Å². The summed E-state index contributed by atoms with van der Waals surface area (Å²) in [5, 5.41) is 6.31. The first-order valence-electron chi connectivity index (χ1n) is 7.84. The highest BCUT2D eigenvalue weighted by Gasteiger charge is 2.32. The molecular formula is C17H25FN2O. The van der Waals surface area contributed by atoms with Gasteiger partial charge in [-0.05, 0) is 44.0 Å². The molecule has 0 heterocycles. The molecule has 1 aliphatic carbocycles. The SMILES string of the molecule is CNC1(CC(=O)NCCc2cccc(F)c2)CCCCC1. The molecule has 0 spiro atoms. The van der Waals surface area contributed by atoms with Crippen LogP contribution in [0.15, 0.2) is 24.3 Å². The van der Waals surface area contributed by atoms with E-state index in [9.17, 15) is 9.18 Å². The maximum atomic E-state index is 13.1. The third-order valence-electron chi connectivity index (χ3n) is 4.46. The molecule has 0 bridgehead atoms. The van der Waals surface area contributed by atoms with Gasteiger partial charge in [0.2, 0.25) is 5.91 Å². The molecule has 4 heteroatoms. The van der Waals surface area contributed by atoms with Crippen LogP contribution in [0.3, 0.4) is 0 Å². The molecule has 1 aliphatic rings. The van der Waals surface area contributed by atoms with E-state index in [2.05, 4.69) is 10.6 Å². The molecular weight excluding hydrogens is 267 g/mol. The lowest BCUT2D eigenvalue weighted by molar-refractivity contribution is -0.122. The first-order chi connectivity index (χ1) is 10.1. The van der Waals surface area contributed by atoms with Crippen LogP contribution in [0.4, 0.5) is 4.39 Å². The molecule has 2 rings (SSSR count). The Bertz CT molecular complexity index is 470. The highest BCUT2D eigenvalue weighted by molar-refractivity contribution is 5.77. The quantitative estimate of drug-likeness (QED) is 0.846. The lowest BCUT2D eigenvalue weighted by Crippen LogP contribution is -2.48. The Morgan fingerprint density at radius 3 is 2.71 bits per heavy atom. The van der Waals surface area contributed by atoms with Crippen molar-refractivity contribution in [1.82, 2.24) is 10.6 Å². The van der Waals surface area contributed by atoms with Crippen molar-refractivity contribution < 1.29 is 9.18 Å². The van der Waals surface area contributed by atoms with Crippen LogP contribution in [0, 0.1) is 5.82 Å². The van der Waals surface area contributed by atoms with Crippen LogP contribution in [-0.4, -0.2) is 25.0 Å². The van der Waals surface area contributed by atoms with Crippen LogP contribution in [0.25, 0.3) is 0 Å². The van der Waals surface area contributed by atoms with Crippen LogP contribution >= 0.6 is 0 Å². The summed E-state index contributed by atoms with van der Waals surface area (Å²) in [6, 6.07) is 6.53. The molecule has 1 amide bonds. The molecule has 3 nitrogen and oxygen atoms in total. The minimum atomic E-state index is -0.227. The van der Waals surface area contributed by atoms with Gasteiger partial charge in [0.25, 0.3) is 0 Å². The highest BCUT2D eigenvalue weighted by Crippen LogP contribution is 2.30. The van der Waals surface area contributed by atoms with E-state index in [-0.39, 0.29) is 17.3 Å². The van der Waals surface area contributed by atoms with Gasteiger partial charge in [-0.2, -0.15) is 0 Å². The Kier molecular flexibility index (Phi) is 5.74. The summed E-state index contributed by atoms with van der Waals surface area (Å²) in [5.74, 6) is -0.141. The second-order valence-corrected chi connectivity index (χ2v) is 6.00. The summed E-state index contributed by atoms with van der Waals surface area (Å²) in [6.07, 6.45) is 6.99. The fourth-order valence-electron chi connectivity index (χ4n) is 3.15. The Morgan fingerprint density at radius 1 is 1.29 bits per heavy atom. The number of nitrogens with one attached hydrogen (secondary N) is 2. The molecule has 1 fully saturated rings. The monoisotopic (exact) mass is 292 g/mol. The minimum Gasteiger partial charge on any atom is -0.356 e. The highest BCUT2D eigenvalue weighted by atomic mass is 19.1.